The molecule has 0 aromatic heterocycles. The number of benzene rings is 1. The Hall–Kier alpha value is -0.266. The van der Waals surface area contributed by atoms with Crippen LogP contribution in [0.25, 0.3) is 6.08 Å². The van der Waals surface area contributed by atoms with E-state index in [0.29, 0.717) is 0 Å². The van der Waals surface area contributed by atoms with Gasteiger partial charge in [-0.1, -0.05) is 30.3 Å². The van der Waals surface area contributed by atoms with Crippen molar-refractivity contribution in [2.24, 2.45) is 0 Å². The number of allylic oxidation sites excluding steroid dienone is 1. The van der Waals surface area contributed by atoms with E-state index in [0.717, 1.165) is 5.56 Å². The van der Waals surface area contributed by atoms with E-state index in [-0.39, 0.29) is 32.7 Å². The van der Waals surface area contributed by atoms with E-state index in [4.69, 9.17) is 0 Å². The maximum Gasteiger partial charge on any atom is 0 e. The average Bonchev–Trinajstić information content (AvgIpc) is 2.03. The molecule has 0 spiro atoms. The van der Waals surface area contributed by atoms with Gasteiger partial charge in [-0.25, -0.2) is 6.08 Å². The van der Waals surface area contributed by atoms with Crippen LogP contribution >= 0.6 is 0 Å². The van der Waals surface area contributed by atoms with Crippen LogP contribution in [0, 0.1) is 0 Å². The number of rotatable bonds is 2. The topological polar surface area (TPSA) is 17.1 Å². The Morgan fingerprint density at radius 3 is 2.36 bits per heavy atom. The number of carbonyl (C=O) groups excluding carboxylic acids is 1. The Balaban J connectivity index is 0.000001000. The Bertz CT molecular complexity index is 229. The molecule has 11 heavy (non-hydrogen) atoms. The summed E-state index contributed by atoms with van der Waals surface area (Å²) in [4.78, 5) is 9.77. The first-order valence-electron chi connectivity index (χ1n) is 3.03. The van der Waals surface area contributed by atoms with Gasteiger partial charge in [-0.05, 0) is 6.29 Å². The molecular formula is C9H7OY-. The molecule has 0 atom stereocenters. The Kier molecular flexibility index (Phi) is 6.29. The zero-order valence-electron chi connectivity index (χ0n) is 6.03. The molecule has 0 unspecified atom stereocenters. The molecular weight excluding hydrogens is 213 g/mol. The van der Waals surface area contributed by atoms with E-state index in [1.54, 1.807) is 12.4 Å². The second kappa shape index (κ2) is 6.44. The van der Waals surface area contributed by atoms with E-state index in [2.05, 4.69) is 0 Å². The molecule has 0 bridgehead atoms. The van der Waals surface area contributed by atoms with Crippen LogP contribution in [0.2, 0.25) is 0 Å². The molecule has 0 saturated carbocycles. The van der Waals surface area contributed by atoms with E-state index in [9.17, 15) is 4.79 Å². The van der Waals surface area contributed by atoms with Gasteiger partial charge in [0.2, 0.25) is 0 Å². The SMILES string of the molecule is O=[C-]/C=C/c1ccccc1.[Y]. The van der Waals surface area contributed by atoms with Crippen LogP contribution in [-0.4, -0.2) is 6.29 Å². The van der Waals surface area contributed by atoms with Crippen molar-refractivity contribution in [2.45, 2.75) is 0 Å². The summed E-state index contributed by atoms with van der Waals surface area (Å²) in [5, 5.41) is 0. The summed E-state index contributed by atoms with van der Waals surface area (Å²) in [6.07, 6.45) is 4.76. The predicted molar refractivity (Wildman–Crippen MR) is 41.2 cm³/mol. The molecule has 0 saturated heterocycles. The molecule has 0 aliphatic heterocycles. The largest absolute Gasteiger partial charge is 0.419 e. The van der Waals surface area contributed by atoms with Gasteiger partial charge in [0.05, 0.1) is 0 Å². The molecule has 0 N–H and O–H groups in total. The fourth-order valence-electron chi connectivity index (χ4n) is 0.694. The van der Waals surface area contributed by atoms with Crippen LogP contribution in [0.5, 0.6) is 0 Å². The average molecular weight is 220 g/mol. The molecule has 53 valence electrons. The fourth-order valence-corrected chi connectivity index (χ4v) is 0.694. The summed E-state index contributed by atoms with van der Waals surface area (Å²) in [5.41, 5.74) is 1.02. The first kappa shape index (κ1) is 10.7. The zero-order valence-corrected chi connectivity index (χ0v) is 8.87. The summed E-state index contributed by atoms with van der Waals surface area (Å²) in [6, 6.07) is 9.62. The molecule has 1 rings (SSSR count). The summed E-state index contributed by atoms with van der Waals surface area (Å²) < 4.78 is 0. The van der Waals surface area contributed by atoms with Crippen LogP contribution in [0.1, 0.15) is 5.56 Å². The van der Waals surface area contributed by atoms with Gasteiger partial charge in [-0.3, -0.25) is 0 Å². The van der Waals surface area contributed by atoms with Gasteiger partial charge < -0.3 is 4.79 Å². The molecule has 0 fully saturated rings. The minimum absolute atomic E-state index is 0. The molecule has 0 amide bonds. The monoisotopic (exact) mass is 220 g/mol. The van der Waals surface area contributed by atoms with Crippen LogP contribution in [0.3, 0.4) is 0 Å². The maximum atomic E-state index is 9.77. The normalized spacial score (nSPS) is 9.09. The van der Waals surface area contributed by atoms with Gasteiger partial charge in [-0.15, -0.1) is 5.56 Å². The minimum Gasteiger partial charge on any atom is -0.419 e. The minimum atomic E-state index is 0. The zero-order chi connectivity index (χ0) is 7.23. The van der Waals surface area contributed by atoms with E-state index in [1.165, 1.54) is 6.08 Å². The van der Waals surface area contributed by atoms with Crippen molar-refractivity contribution >= 4 is 12.4 Å². The quantitative estimate of drug-likeness (QED) is 0.548. The van der Waals surface area contributed by atoms with Crippen molar-refractivity contribution in [1.29, 1.82) is 0 Å². The van der Waals surface area contributed by atoms with Crippen molar-refractivity contribution < 1.29 is 37.5 Å². The third-order valence-electron chi connectivity index (χ3n) is 1.14. The van der Waals surface area contributed by atoms with Crippen molar-refractivity contribution in [1.82, 2.24) is 0 Å². The van der Waals surface area contributed by atoms with E-state index < -0.39 is 0 Å². The Morgan fingerprint density at radius 2 is 1.82 bits per heavy atom. The Morgan fingerprint density at radius 1 is 1.18 bits per heavy atom. The fraction of sp³-hybridized carbons (Fsp3) is 0. The van der Waals surface area contributed by atoms with Crippen molar-refractivity contribution in [3.63, 3.8) is 0 Å². The van der Waals surface area contributed by atoms with Crippen molar-refractivity contribution in [3.8, 4) is 0 Å². The van der Waals surface area contributed by atoms with Gasteiger partial charge in [0.1, 0.15) is 0 Å². The molecule has 1 aromatic rings. The van der Waals surface area contributed by atoms with Crippen LogP contribution in [-0.2, 0) is 37.5 Å². The van der Waals surface area contributed by atoms with Gasteiger partial charge in [-0.2, -0.15) is 6.08 Å². The molecule has 1 radical (unpaired) electrons. The van der Waals surface area contributed by atoms with Crippen LogP contribution in [0.15, 0.2) is 36.4 Å². The van der Waals surface area contributed by atoms with Crippen molar-refractivity contribution in [3.05, 3.63) is 42.0 Å². The smallest absolute Gasteiger partial charge is 0 e. The molecule has 2 heteroatoms. The van der Waals surface area contributed by atoms with Gasteiger partial charge in [0, 0.05) is 32.7 Å². The standard InChI is InChI=1S/C9H7O.Y/c10-8-4-7-9-5-2-1-3-6-9;/h1-7H;/q-1;/b7-4+;. The van der Waals surface area contributed by atoms with Gasteiger partial charge in [0.25, 0.3) is 0 Å². The third kappa shape index (κ3) is 4.23. The Labute approximate surface area is 91.4 Å². The van der Waals surface area contributed by atoms with Crippen LogP contribution in [0.4, 0.5) is 0 Å². The van der Waals surface area contributed by atoms with Crippen LogP contribution < -0.4 is 0 Å². The number of hydrogen-bond acceptors (Lipinski definition) is 1. The first-order valence-corrected chi connectivity index (χ1v) is 3.03. The second-order valence-electron chi connectivity index (χ2n) is 1.86. The van der Waals surface area contributed by atoms with E-state index >= 15 is 0 Å². The second-order valence-corrected chi connectivity index (χ2v) is 1.86. The summed E-state index contributed by atoms with van der Waals surface area (Å²) in [7, 11) is 0. The van der Waals surface area contributed by atoms with Gasteiger partial charge >= 0.3 is 0 Å². The molecule has 0 aliphatic rings. The summed E-state index contributed by atoms with van der Waals surface area (Å²) >= 11 is 0. The summed E-state index contributed by atoms with van der Waals surface area (Å²) in [5.74, 6) is 0. The molecule has 0 heterocycles. The van der Waals surface area contributed by atoms with Gasteiger partial charge in [0.15, 0.2) is 0 Å². The number of hydrogen-bond donors (Lipinski definition) is 0. The van der Waals surface area contributed by atoms with E-state index in [1.807, 2.05) is 30.3 Å². The molecule has 0 aliphatic carbocycles. The molecule has 1 nitrogen and oxygen atoms in total. The predicted octanol–water partition coefficient (Wildman–Crippen LogP) is 1.81. The first-order chi connectivity index (χ1) is 4.93. The summed E-state index contributed by atoms with van der Waals surface area (Å²) in [6.45, 7) is 0. The third-order valence-corrected chi connectivity index (χ3v) is 1.14. The maximum absolute atomic E-state index is 9.77. The van der Waals surface area contributed by atoms with Crippen molar-refractivity contribution in [2.75, 3.05) is 0 Å². The molecule has 1 aromatic carbocycles.